The van der Waals surface area contributed by atoms with Crippen LogP contribution in [0.4, 0.5) is 0 Å². The predicted molar refractivity (Wildman–Crippen MR) is 107 cm³/mol. The van der Waals surface area contributed by atoms with Gasteiger partial charge in [0.25, 0.3) is 0 Å². The molecule has 1 heterocycles. The first-order valence-electron chi connectivity index (χ1n) is 8.09. The second-order valence-corrected chi connectivity index (χ2v) is 21.8. The quantitative estimate of drug-likeness (QED) is 0.384. The predicted octanol–water partition coefficient (Wildman–Crippen LogP) is 5.27. The molecule has 1 atom stereocenters. The Balaban J connectivity index is 2.13. The molecule has 1 unspecified atom stereocenters. The summed E-state index contributed by atoms with van der Waals surface area (Å²) in [6, 6.07) is 27.5. The van der Waals surface area contributed by atoms with E-state index in [2.05, 4.69) is 90.1 Å². The Morgan fingerprint density at radius 3 is 2.04 bits per heavy atom. The fourth-order valence-corrected chi connectivity index (χ4v) is 10.6. The first-order chi connectivity index (χ1) is 11.1. The van der Waals surface area contributed by atoms with Crippen LogP contribution in [-0.2, 0) is 0 Å². The molecule has 0 radical (unpaired) electrons. The van der Waals surface area contributed by atoms with Crippen LogP contribution in [0.3, 0.4) is 0 Å². The molecule has 0 fully saturated rings. The van der Waals surface area contributed by atoms with Crippen molar-refractivity contribution in [3.8, 4) is 4.46 Å². The van der Waals surface area contributed by atoms with E-state index in [4.69, 9.17) is 0 Å². The third kappa shape index (κ3) is 2.61. The third-order valence-corrected chi connectivity index (χ3v) is 13.6. The van der Waals surface area contributed by atoms with Crippen molar-refractivity contribution in [1.82, 2.24) is 0 Å². The number of fused-ring (bicyclic) bond motifs is 3. The Labute approximate surface area is 144 Å². The zero-order valence-electron chi connectivity index (χ0n) is 13.8. The zero-order valence-corrected chi connectivity index (χ0v) is 17.6. The molecule has 0 N–H and O–H groups in total. The number of benzene rings is 3. The molecular formula is C21H21GeSe+. The molecule has 4 aromatic rings. The first kappa shape index (κ1) is 15.3. The van der Waals surface area contributed by atoms with Gasteiger partial charge in [-0.1, -0.05) is 0 Å². The van der Waals surface area contributed by atoms with Gasteiger partial charge in [-0.2, -0.15) is 0 Å². The first-order valence-corrected chi connectivity index (χ1v) is 18.0. The van der Waals surface area contributed by atoms with Crippen molar-refractivity contribution in [3.05, 3.63) is 72.8 Å². The minimum atomic E-state index is -1.80. The minimum absolute atomic E-state index is 1.12. The van der Waals surface area contributed by atoms with E-state index in [-0.39, 0.29) is 0 Å². The van der Waals surface area contributed by atoms with Crippen LogP contribution in [-0.4, -0.2) is 26.7 Å². The van der Waals surface area contributed by atoms with Crippen molar-refractivity contribution in [1.29, 1.82) is 0 Å². The molecule has 0 aliphatic heterocycles. The van der Waals surface area contributed by atoms with E-state index in [0.29, 0.717) is 0 Å². The molecule has 0 spiro atoms. The van der Waals surface area contributed by atoms with Crippen LogP contribution in [0.1, 0.15) is 0 Å². The van der Waals surface area contributed by atoms with Crippen molar-refractivity contribution < 1.29 is 0 Å². The molecule has 114 valence electrons. The van der Waals surface area contributed by atoms with Gasteiger partial charge in [0.15, 0.2) is 0 Å². The fourth-order valence-electron chi connectivity index (χ4n) is 3.18. The summed E-state index contributed by atoms with van der Waals surface area (Å²) in [6.45, 7) is 0. The molecule has 0 aliphatic carbocycles. The van der Waals surface area contributed by atoms with Crippen molar-refractivity contribution in [3.63, 3.8) is 0 Å². The van der Waals surface area contributed by atoms with E-state index in [0.717, 1.165) is 0 Å². The molecule has 0 bridgehead atoms. The van der Waals surface area contributed by atoms with Gasteiger partial charge in [0, 0.05) is 0 Å². The summed E-state index contributed by atoms with van der Waals surface area (Å²) in [5, 5.41) is 2.98. The van der Waals surface area contributed by atoms with Gasteiger partial charge in [0.05, 0.1) is 0 Å². The molecule has 1 aromatic heterocycles. The van der Waals surface area contributed by atoms with Crippen molar-refractivity contribution in [2.45, 2.75) is 17.3 Å². The molecule has 3 aromatic carbocycles. The fraction of sp³-hybridized carbons (Fsp3) is 0.143. The molecule has 0 nitrogen and oxygen atoms in total. The van der Waals surface area contributed by atoms with Crippen LogP contribution >= 0.6 is 0 Å². The van der Waals surface area contributed by atoms with Crippen LogP contribution in [0.5, 0.6) is 0 Å². The number of rotatable bonds is 2. The monoisotopic (exact) mass is 427 g/mol. The summed E-state index contributed by atoms with van der Waals surface area (Å²) in [6.07, 6.45) is 0. The zero-order chi connectivity index (χ0) is 16.0. The van der Waals surface area contributed by atoms with Gasteiger partial charge in [0.1, 0.15) is 0 Å². The van der Waals surface area contributed by atoms with E-state index in [9.17, 15) is 0 Å². The maximum atomic E-state index is 2.51. The van der Waals surface area contributed by atoms with E-state index < -0.39 is 26.7 Å². The van der Waals surface area contributed by atoms with Gasteiger partial charge >= 0.3 is 145 Å². The Hall–Kier alpha value is -1.28. The summed E-state index contributed by atoms with van der Waals surface area (Å²) >= 11 is -2.92. The molecule has 0 saturated heterocycles. The molecule has 23 heavy (non-hydrogen) atoms. The summed E-state index contributed by atoms with van der Waals surface area (Å²) in [7, 11) is 0. The second-order valence-electron chi connectivity index (χ2n) is 7.08. The van der Waals surface area contributed by atoms with Crippen LogP contribution in [0, 0.1) is 0 Å². The SMILES string of the molecule is [CH3][Ge]([CH3])([CH3])[c]1ccc2c(c1)c1ccccc1[se+]2-c1ccccc1. The third-order valence-electron chi connectivity index (χ3n) is 4.44. The number of hydrogen-bond donors (Lipinski definition) is 0. The van der Waals surface area contributed by atoms with E-state index in [1.54, 1.807) is 12.9 Å². The maximum absolute atomic E-state index is 2.51. The van der Waals surface area contributed by atoms with Crippen molar-refractivity contribution in [2.24, 2.45) is 0 Å². The van der Waals surface area contributed by atoms with Crippen molar-refractivity contribution >= 4 is 50.4 Å². The molecule has 2 heteroatoms. The van der Waals surface area contributed by atoms with Crippen LogP contribution in [0.2, 0.25) is 17.3 Å². The number of hydrogen-bond acceptors (Lipinski definition) is 0. The molecule has 0 aliphatic rings. The summed E-state index contributed by atoms with van der Waals surface area (Å²) in [4.78, 5) is 0. The Morgan fingerprint density at radius 2 is 1.30 bits per heavy atom. The van der Waals surface area contributed by atoms with Gasteiger partial charge in [0.2, 0.25) is 0 Å². The van der Waals surface area contributed by atoms with E-state index in [1.807, 2.05) is 0 Å². The van der Waals surface area contributed by atoms with Gasteiger partial charge in [-0.05, 0) is 0 Å². The molecule has 0 amide bonds. The van der Waals surface area contributed by atoms with Gasteiger partial charge < -0.3 is 0 Å². The van der Waals surface area contributed by atoms with Gasteiger partial charge in [-0.25, -0.2) is 0 Å². The molecular weight excluding hydrogens is 404 g/mol. The second kappa shape index (κ2) is 5.66. The Morgan fingerprint density at radius 1 is 0.652 bits per heavy atom. The van der Waals surface area contributed by atoms with Crippen LogP contribution < -0.4 is 4.40 Å². The normalized spacial score (nSPS) is 12.9. The average Bonchev–Trinajstić information content (AvgIpc) is 2.88. The van der Waals surface area contributed by atoms with Crippen LogP contribution in [0.15, 0.2) is 72.8 Å². The summed E-state index contributed by atoms with van der Waals surface area (Å²) in [5.41, 5.74) is 0. The molecule has 0 saturated carbocycles. The van der Waals surface area contributed by atoms with E-state index in [1.165, 1.54) is 15.2 Å². The van der Waals surface area contributed by atoms with Gasteiger partial charge in [-0.15, -0.1) is 0 Å². The molecule has 4 rings (SSSR count). The standard InChI is InChI=1S/C21H21GeSe/c1-22(2,3)16-13-14-21-19(15-16)18-11-7-8-12-20(18)23(21)17-9-5-4-6-10-17/h4-15H,1-3H3/q+1. The Kier molecular flexibility index (Phi) is 3.76. The summed E-state index contributed by atoms with van der Waals surface area (Å²) in [5.74, 6) is 7.44. The Bertz CT molecular complexity index is 991. The topological polar surface area (TPSA) is 0 Å². The van der Waals surface area contributed by atoms with Gasteiger partial charge in [-0.3, -0.25) is 0 Å². The summed E-state index contributed by atoms with van der Waals surface area (Å²) < 4.78 is 6.29. The van der Waals surface area contributed by atoms with Crippen LogP contribution in [0.25, 0.3) is 23.8 Å². The van der Waals surface area contributed by atoms with Crippen molar-refractivity contribution in [2.75, 3.05) is 0 Å². The average molecular weight is 425 g/mol. The van der Waals surface area contributed by atoms with E-state index >= 15 is 0 Å².